The maximum absolute atomic E-state index is 13.3. The number of rotatable bonds is 6. The van der Waals surface area contributed by atoms with Gasteiger partial charge in [0.05, 0.1) is 13.2 Å². The predicted molar refractivity (Wildman–Crippen MR) is 113 cm³/mol. The second kappa shape index (κ2) is 9.73. The third-order valence-corrected chi connectivity index (χ3v) is 7.25. The van der Waals surface area contributed by atoms with Gasteiger partial charge in [0.1, 0.15) is 16.7 Å². The van der Waals surface area contributed by atoms with Gasteiger partial charge in [0.15, 0.2) is 0 Å². The van der Waals surface area contributed by atoms with Crippen LogP contribution in [-0.4, -0.2) is 67.5 Å². The van der Waals surface area contributed by atoms with E-state index in [4.69, 9.17) is 4.74 Å². The van der Waals surface area contributed by atoms with Gasteiger partial charge in [-0.05, 0) is 31.5 Å². The average molecular weight is 425 g/mol. The monoisotopic (exact) mass is 424 g/mol. The smallest absolute Gasteiger partial charge is 0.247 e. The third-order valence-electron chi connectivity index (χ3n) is 5.23. The van der Waals surface area contributed by atoms with Gasteiger partial charge in [-0.3, -0.25) is 4.79 Å². The third kappa shape index (κ3) is 5.18. The highest BCUT2D eigenvalue weighted by molar-refractivity contribution is 7.89. The highest BCUT2D eigenvalue weighted by Crippen LogP contribution is 2.34. The Bertz CT molecular complexity index is 853. The number of amides is 1. The number of aliphatic hydroxyl groups is 1. The summed E-state index contributed by atoms with van der Waals surface area (Å²) in [6.45, 7) is 7.54. The number of carbonyl (C=O) groups excluding carboxylic acids is 1. The first kappa shape index (κ1) is 23.4. The number of likely N-dealkylation sites (N-methyl/N-ethyl adjacent to an activating group) is 1. The fraction of sp³-hybridized carbons (Fsp3) is 0.571. The molecule has 0 fully saturated rings. The first-order valence-corrected chi connectivity index (χ1v) is 11.4. The van der Waals surface area contributed by atoms with Crippen LogP contribution in [0.25, 0.3) is 6.08 Å². The minimum atomic E-state index is -3.85. The second-order valence-corrected chi connectivity index (χ2v) is 9.43. The first-order valence-electron chi connectivity index (χ1n) is 9.95. The molecule has 1 N–H and O–H groups in total. The zero-order chi connectivity index (χ0) is 21.8. The molecule has 29 heavy (non-hydrogen) atoms. The maximum Gasteiger partial charge on any atom is 0.247 e. The lowest BCUT2D eigenvalue weighted by molar-refractivity contribution is -0.131. The van der Waals surface area contributed by atoms with Gasteiger partial charge >= 0.3 is 0 Å². The van der Waals surface area contributed by atoms with E-state index in [0.717, 1.165) is 5.56 Å². The Labute approximate surface area is 174 Å². The number of hydrogen-bond donors (Lipinski definition) is 1. The van der Waals surface area contributed by atoms with Gasteiger partial charge in [0.2, 0.25) is 15.9 Å². The van der Waals surface area contributed by atoms with Gasteiger partial charge in [-0.25, -0.2) is 8.42 Å². The van der Waals surface area contributed by atoms with E-state index in [1.807, 2.05) is 26.0 Å². The molecule has 7 nitrogen and oxygen atoms in total. The van der Waals surface area contributed by atoms with Gasteiger partial charge < -0.3 is 14.7 Å². The highest BCUT2D eigenvalue weighted by Gasteiger charge is 2.38. The Balaban J connectivity index is 2.56. The number of nitrogens with zero attached hydrogens (tertiary/aromatic N) is 2. The summed E-state index contributed by atoms with van der Waals surface area (Å²) < 4.78 is 34.2. The minimum Gasteiger partial charge on any atom is -0.487 e. The largest absolute Gasteiger partial charge is 0.487 e. The van der Waals surface area contributed by atoms with Crippen LogP contribution in [0.2, 0.25) is 0 Å². The molecule has 3 atom stereocenters. The highest BCUT2D eigenvalue weighted by atomic mass is 32.2. The average Bonchev–Trinajstić information content (AvgIpc) is 2.69. The summed E-state index contributed by atoms with van der Waals surface area (Å²) >= 11 is 0. The van der Waals surface area contributed by atoms with E-state index in [1.54, 1.807) is 44.0 Å². The summed E-state index contributed by atoms with van der Waals surface area (Å²) in [5.41, 5.74) is 0.827. The van der Waals surface area contributed by atoms with E-state index in [0.29, 0.717) is 13.0 Å². The first-order chi connectivity index (χ1) is 13.6. The topological polar surface area (TPSA) is 87.2 Å². The van der Waals surface area contributed by atoms with Crippen molar-refractivity contribution in [1.82, 2.24) is 9.21 Å². The van der Waals surface area contributed by atoms with Crippen LogP contribution in [0.15, 0.2) is 29.2 Å². The van der Waals surface area contributed by atoms with Crippen molar-refractivity contribution in [3.05, 3.63) is 29.8 Å². The molecule has 8 heteroatoms. The van der Waals surface area contributed by atoms with Crippen LogP contribution < -0.4 is 4.74 Å². The standard InChI is InChI=1S/C21H32N2O5S/c1-6-8-17-9-10-20-18(11-17)28-19(13-22(5)21(25)7-2)15(3)12-23(16(4)14-24)29(20,26)27/h6,8-11,15-16,19,24H,7,12-14H2,1-5H3/b8-6+/t15-,16-,19-/m1/s1. The summed E-state index contributed by atoms with van der Waals surface area (Å²) in [6, 6.07) is 4.42. The summed E-state index contributed by atoms with van der Waals surface area (Å²) in [6.07, 6.45) is 3.74. The molecule has 2 rings (SSSR count). The Morgan fingerprint density at radius 1 is 1.45 bits per heavy atom. The Morgan fingerprint density at radius 2 is 2.14 bits per heavy atom. The summed E-state index contributed by atoms with van der Waals surface area (Å²) in [5, 5.41) is 9.65. The predicted octanol–water partition coefficient (Wildman–Crippen LogP) is 2.36. The fourth-order valence-corrected chi connectivity index (χ4v) is 5.22. The number of ether oxygens (including phenoxy) is 1. The molecule has 0 aliphatic carbocycles. The van der Waals surface area contributed by atoms with Crippen LogP contribution in [0.1, 0.15) is 39.7 Å². The molecule has 0 bridgehead atoms. The summed E-state index contributed by atoms with van der Waals surface area (Å²) in [4.78, 5) is 13.8. The molecule has 0 radical (unpaired) electrons. The van der Waals surface area contributed by atoms with Crippen molar-refractivity contribution in [2.24, 2.45) is 5.92 Å². The molecule has 0 saturated heterocycles. The van der Waals surface area contributed by atoms with E-state index in [-0.39, 0.29) is 41.7 Å². The molecule has 1 aromatic rings. The quantitative estimate of drug-likeness (QED) is 0.758. The van der Waals surface area contributed by atoms with Crippen LogP contribution in [0.3, 0.4) is 0 Å². The molecule has 1 aliphatic heterocycles. The van der Waals surface area contributed by atoms with E-state index < -0.39 is 16.1 Å². The van der Waals surface area contributed by atoms with Crippen LogP contribution in [0, 0.1) is 5.92 Å². The lowest BCUT2D eigenvalue weighted by Crippen LogP contribution is -2.50. The molecule has 1 aromatic carbocycles. The van der Waals surface area contributed by atoms with Crippen molar-refractivity contribution in [2.75, 3.05) is 26.7 Å². The SMILES string of the molecule is C/C=C/c1ccc2c(c1)O[C@H](CN(C)C(=O)CC)[C@H](C)CN([C@H](C)CO)S2(=O)=O. The molecule has 1 heterocycles. The molecular formula is C21H32N2O5S. The van der Waals surface area contributed by atoms with Crippen molar-refractivity contribution >= 4 is 22.0 Å². The Morgan fingerprint density at radius 3 is 2.72 bits per heavy atom. The summed E-state index contributed by atoms with van der Waals surface area (Å²) in [5.74, 6) is 0.0768. The maximum atomic E-state index is 13.3. The fourth-order valence-electron chi connectivity index (χ4n) is 3.40. The van der Waals surface area contributed by atoms with E-state index in [9.17, 15) is 18.3 Å². The number of carbonyl (C=O) groups is 1. The van der Waals surface area contributed by atoms with Crippen LogP contribution in [0.4, 0.5) is 0 Å². The van der Waals surface area contributed by atoms with Crippen LogP contribution in [-0.2, 0) is 14.8 Å². The van der Waals surface area contributed by atoms with Crippen molar-refractivity contribution in [3.63, 3.8) is 0 Å². The van der Waals surface area contributed by atoms with Gasteiger partial charge in [0.25, 0.3) is 0 Å². The minimum absolute atomic E-state index is 0.000969. The van der Waals surface area contributed by atoms with E-state index >= 15 is 0 Å². The Hall–Kier alpha value is -1.90. The van der Waals surface area contributed by atoms with Crippen molar-refractivity contribution < 1.29 is 23.1 Å². The van der Waals surface area contributed by atoms with Gasteiger partial charge in [-0.2, -0.15) is 4.31 Å². The Kier molecular flexibility index (Phi) is 7.85. The molecule has 0 unspecified atom stereocenters. The molecule has 0 saturated carbocycles. The van der Waals surface area contributed by atoms with E-state index in [2.05, 4.69) is 0 Å². The number of sulfonamides is 1. The molecule has 0 spiro atoms. The molecular weight excluding hydrogens is 392 g/mol. The second-order valence-electron chi connectivity index (χ2n) is 7.57. The number of allylic oxidation sites excluding steroid dienone is 1. The van der Waals surface area contributed by atoms with E-state index in [1.165, 1.54) is 4.31 Å². The van der Waals surface area contributed by atoms with Crippen molar-refractivity contribution in [1.29, 1.82) is 0 Å². The van der Waals surface area contributed by atoms with Gasteiger partial charge in [0, 0.05) is 32.0 Å². The van der Waals surface area contributed by atoms with Crippen LogP contribution >= 0.6 is 0 Å². The lowest BCUT2D eigenvalue weighted by atomic mass is 10.0. The molecule has 1 aliphatic rings. The van der Waals surface area contributed by atoms with Gasteiger partial charge in [-0.15, -0.1) is 0 Å². The van der Waals surface area contributed by atoms with Crippen molar-refractivity contribution in [3.8, 4) is 5.75 Å². The zero-order valence-corrected chi connectivity index (χ0v) is 18.6. The molecule has 162 valence electrons. The number of fused-ring (bicyclic) bond motifs is 1. The van der Waals surface area contributed by atoms with Gasteiger partial charge in [-0.1, -0.05) is 32.1 Å². The zero-order valence-electron chi connectivity index (χ0n) is 17.8. The number of benzene rings is 1. The molecule has 1 amide bonds. The normalized spacial score (nSPS) is 23.0. The number of aliphatic hydroxyl groups excluding tert-OH is 1. The lowest BCUT2D eigenvalue weighted by Gasteiger charge is -2.37. The molecule has 0 aromatic heterocycles. The summed E-state index contributed by atoms with van der Waals surface area (Å²) in [7, 11) is -2.12. The number of hydrogen-bond acceptors (Lipinski definition) is 5. The van der Waals surface area contributed by atoms with Crippen LogP contribution in [0.5, 0.6) is 5.75 Å². The van der Waals surface area contributed by atoms with Crippen molar-refractivity contribution in [2.45, 2.75) is 51.2 Å².